The molecule has 0 bridgehead atoms. The van der Waals surface area contributed by atoms with Gasteiger partial charge in [0.25, 0.3) is 0 Å². The van der Waals surface area contributed by atoms with Crippen molar-refractivity contribution in [2.24, 2.45) is 0 Å². The van der Waals surface area contributed by atoms with Crippen molar-refractivity contribution in [1.29, 1.82) is 0 Å². The van der Waals surface area contributed by atoms with E-state index in [1.54, 1.807) is 31.4 Å². The van der Waals surface area contributed by atoms with Gasteiger partial charge in [-0.1, -0.05) is 18.2 Å². The van der Waals surface area contributed by atoms with E-state index in [9.17, 15) is 9.59 Å². The summed E-state index contributed by atoms with van der Waals surface area (Å²) in [6, 6.07) is 14.2. The number of amides is 3. The number of rotatable bonds is 7. The molecule has 1 saturated heterocycles. The van der Waals surface area contributed by atoms with Crippen molar-refractivity contribution in [3.05, 3.63) is 53.9 Å². The standard InChI is InChI=1S/C23H25N5O4S/c1-31-19-7-3-6-18(13-19)25-22(30)27-23-26-20(15-33-23)16-4-2-5-17(12-16)24-21(29)14-28-8-10-32-11-9-28/h2-7,12-13,15H,8-11,14H2,1H3,(H,24,29)(H2,25,26,27,30). The molecule has 0 atom stereocenters. The summed E-state index contributed by atoms with van der Waals surface area (Å²) in [4.78, 5) is 31.2. The molecule has 172 valence electrons. The topological polar surface area (TPSA) is 105 Å². The lowest BCUT2D eigenvalue weighted by molar-refractivity contribution is -0.118. The van der Waals surface area contributed by atoms with E-state index < -0.39 is 6.03 Å². The molecule has 1 aromatic heterocycles. The first-order chi connectivity index (χ1) is 16.1. The normalized spacial score (nSPS) is 13.8. The minimum Gasteiger partial charge on any atom is -0.497 e. The van der Waals surface area contributed by atoms with Crippen molar-refractivity contribution in [2.45, 2.75) is 0 Å². The first-order valence-electron chi connectivity index (χ1n) is 10.5. The molecule has 0 spiro atoms. The fourth-order valence-electron chi connectivity index (χ4n) is 3.34. The number of carbonyl (C=O) groups is 2. The lowest BCUT2D eigenvalue weighted by Gasteiger charge is -2.25. The van der Waals surface area contributed by atoms with Crippen LogP contribution in [0.4, 0.5) is 21.3 Å². The third-order valence-electron chi connectivity index (χ3n) is 4.97. The van der Waals surface area contributed by atoms with Gasteiger partial charge < -0.3 is 20.1 Å². The van der Waals surface area contributed by atoms with Crippen LogP contribution in [0.2, 0.25) is 0 Å². The summed E-state index contributed by atoms with van der Waals surface area (Å²) in [5, 5.41) is 10.8. The van der Waals surface area contributed by atoms with E-state index in [1.165, 1.54) is 11.3 Å². The van der Waals surface area contributed by atoms with Crippen molar-refractivity contribution in [2.75, 3.05) is 55.9 Å². The number of carbonyl (C=O) groups excluding carboxylic acids is 2. The number of anilines is 3. The molecular weight excluding hydrogens is 442 g/mol. The van der Waals surface area contributed by atoms with Crippen LogP contribution in [0.1, 0.15) is 0 Å². The second-order valence-electron chi connectivity index (χ2n) is 7.37. The highest BCUT2D eigenvalue weighted by molar-refractivity contribution is 7.14. The number of aromatic nitrogens is 1. The Balaban J connectivity index is 1.34. The smallest absolute Gasteiger partial charge is 0.325 e. The van der Waals surface area contributed by atoms with Gasteiger partial charge in [0.15, 0.2) is 5.13 Å². The van der Waals surface area contributed by atoms with E-state index in [-0.39, 0.29) is 5.91 Å². The lowest BCUT2D eigenvalue weighted by Crippen LogP contribution is -2.41. The fourth-order valence-corrected chi connectivity index (χ4v) is 4.06. The highest BCUT2D eigenvalue weighted by Gasteiger charge is 2.15. The van der Waals surface area contributed by atoms with E-state index in [0.717, 1.165) is 18.7 Å². The van der Waals surface area contributed by atoms with Crippen LogP contribution in [0.3, 0.4) is 0 Å². The van der Waals surface area contributed by atoms with E-state index in [4.69, 9.17) is 9.47 Å². The monoisotopic (exact) mass is 467 g/mol. The van der Waals surface area contributed by atoms with Crippen molar-refractivity contribution in [3.63, 3.8) is 0 Å². The van der Waals surface area contributed by atoms with E-state index >= 15 is 0 Å². The Labute approximate surface area is 195 Å². The van der Waals surface area contributed by atoms with Crippen LogP contribution in [-0.4, -0.2) is 61.8 Å². The van der Waals surface area contributed by atoms with E-state index in [2.05, 4.69) is 25.8 Å². The molecule has 10 heteroatoms. The first-order valence-corrected chi connectivity index (χ1v) is 11.3. The van der Waals surface area contributed by atoms with Gasteiger partial charge in [-0.2, -0.15) is 0 Å². The van der Waals surface area contributed by atoms with E-state index in [1.807, 2.05) is 29.6 Å². The average Bonchev–Trinajstić information content (AvgIpc) is 3.28. The Morgan fingerprint density at radius 2 is 1.82 bits per heavy atom. The maximum absolute atomic E-state index is 12.4. The number of urea groups is 1. The fraction of sp³-hybridized carbons (Fsp3) is 0.261. The Kier molecular flexibility index (Phi) is 7.51. The van der Waals surface area contributed by atoms with Crippen molar-refractivity contribution < 1.29 is 19.1 Å². The molecular formula is C23H25N5O4S. The highest BCUT2D eigenvalue weighted by Crippen LogP contribution is 2.27. The summed E-state index contributed by atoms with van der Waals surface area (Å²) in [7, 11) is 1.57. The number of benzene rings is 2. The van der Waals surface area contributed by atoms with Gasteiger partial charge in [0, 0.05) is 41.5 Å². The lowest BCUT2D eigenvalue weighted by atomic mass is 10.1. The summed E-state index contributed by atoms with van der Waals surface area (Å²) in [6.07, 6.45) is 0. The quantitative estimate of drug-likeness (QED) is 0.489. The van der Waals surface area contributed by atoms with Crippen LogP contribution < -0.4 is 20.7 Å². The minimum atomic E-state index is -0.395. The van der Waals surface area contributed by atoms with Crippen molar-refractivity contribution >= 4 is 39.8 Å². The summed E-state index contributed by atoms with van der Waals surface area (Å²) in [5.41, 5.74) is 2.87. The molecule has 33 heavy (non-hydrogen) atoms. The molecule has 3 aromatic rings. The predicted octanol–water partition coefficient (Wildman–Crippen LogP) is 3.73. The van der Waals surface area contributed by atoms with Crippen LogP contribution in [0.5, 0.6) is 5.75 Å². The minimum absolute atomic E-state index is 0.0658. The number of nitrogens with zero attached hydrogens (tertiary/aromatic N) is 2. The average molecular weight is 468 g/mol. The third kappa shape index (κ3) is 6.51. The molecule has 2 aromatic carbocycles. The molecule has 9 nitrogen and oxygen atoms in total. The van der Waals surface area contributed by atoms with Crippen LogP contribution in [0.25, 0.3) is 11.3 Å². The van der Waals surface area contributed by atoms with Gasteiger partial charge in [0.2, 0.25) is 5.91 Å². The van der Waals surface area contributed by atoms with E-state index in [0.29, 0.717) is 47.7 Å². The molecule has 3 amide bonds. The number of methoxy groups -OCH3 is 1. The van der Waals surface area contributed by atoms with Crippen LogP contribution in [-0.2, 0) is 9.53 Å². The van der Waals surface area contributed by atoms with Gasteiger partial charge in [-0.05, 0) is 24.3 Å². The summed E-state index contributed by atoms with van der Waals surface area (Å²) in [5.74, 6) is 0.588. The van der Waals surface area contributed by atoms with Gasteiger partial charge in [-0.15, -0.1) is 11.3 Å². The predicted molar refractivity (Wildman–Crippen MR) is 129 cm³/mol. The zero-order chi connectivity index (χ0) is 23.0. The molecule has 0 radical (unpaired) electrons. The van der Waals surface area contributed by atoms with Crippen LogP contribution in [0, 0.1) is 0 Å². The number of morpholine rings is 1. The molecule has 1 aliphatic heterocycles. The third-order valence-corrected chi connectivity index (χ3v) is 5.72. The maximum atomic E-state index is 12.4. The van der Waals surface area contributed by atoms with Crippen molar-refractivity contribution in [3.8, 4) is 17.0 Å². The molecule has 0 unspecified atom stereocenters. The zero-order valence-electron chi connectivity index (χ0n) is 18.2. The Morgan fingerprint density at radius 3 is 2.61 bits per heavy atom. The zero-order valence-corrected chi connectivity index (χ0v) is 19.0. The van der Waals surface area contributed by atoms with Crippen LogP contribution >= 0.6 is 11.3 Å². The van der Waals surface area contributed by atoms with Gasteiger partial charge in [-0.25, -0.2) is 9.78 Å². The Hall–Kier alpha value is -3.47. The van der Waals surface area contributed by atoms with Crippen LogP contribution in [0.15, 0.2) is 53.9 Å². The van der Waals surface area contributed by atoms with Gasteiger partial charge in [0.1, 0.15) is 5.75 Å². The molecule has 3 N–H and O–H groups in total. The molecule has 0 saturated carbocycles. The van der Waals surface area contributed by atoms with Gasteiger partial charge in [-0.3, -0.25) is 15.0 Å². The second kappa shape index (κ2) is 10.9. The Morgan fingerprint density at radius 1 is 1.06 bits per heavy atom. The number of hydrogen-bond acceptors (Lipinski definition) is 7. The van der Waals surface area contributed by atoms with Crippen molar-refractivity contribution in [1.82, 2.24) is 9.88 Å². The largest absolute Gasteiger partial charge is 0.497 e. The molecule has 4 rings (SSSR count). The maximum Gasteiger partial charge on any atom is 0.325 e. The SMILES string of the molecule is COc1cccc(NC(=O)Nc2nc(-c3cccc(NC(=O)CN4CCOCC4)c3)cs2)c1. The number of ether oxygens (including phenoxy) is 2. The Bertz CT molecular complexity index is 1110. The number of nitrogens with one attached hydrogen (secondary N) is 3. The molecule has 1 aliphatic rings. The van der Waals surface area contributed by atoms with Gasteiger partial charge in [0.05, 0.1) is 32.6 Å². The first kappa shape index (κ1) is 22.7. The highest BCUT2D eigenvalue weighted by atomic mass is 32.1. The second-order valence-corrected chi connectivity index (χ2v) is 8.22. The summed E-state index contributed by atoms with van der Waals surface area (Å²) >= 11 is 1.32. The molecule has 1 fully saturated rings. The van der Waals surface area contributed by atoms with Gasteiger partial charge >= 0.3 is 6.03 Å². The molecule has 2 heterocycles. The molecule has 0 aliphatic carbocycles. The summed E-state index contributed by atoms with van der Waals surface area (Å²) in [6.45, 7) is 3.16. The summed E-state index contributed by atoms with van der Waals surface area (Å²) < 4.78 is 10.5. The number of hydrogen-bond donors (Lipinski definition) is 3. The number of thiazole rings is 1.